The first kappa shape index (κ1) is 10.8. The summed E-state index contributed by atoms with van der Waals surface area (Å²) in [5, 5.41) is 16.0. The minimum Gasteiger partial charge on any atom is -0.396 e. The van der Waals surface area contributed by atoms with Gasteiger partial charge in [-0.2, -0.15) is 0 Å². The Morgan fingerprint density at radius 3 is 3.14 bits per heavy atom. The van der Waals surface area contributed by atoms with E-state index in [1.165, 1.54) is 18.0 Å². The second-order valence-electron chi connectivity index (χ2n) is 2.78. The van der Waals surface area contributed by atoms with Crippen LogP contribution in [-0.2, 0) is 11.3 Å². The number of carbonyl (C=O) groups is 1. The van der Waals surface area contributed by atoms with Gasteiger partial charge in [0.2, 0.25) is 5.78 Å². The van der Waals surface area contributed by atoms with Crippen molar-refractivity contribution >= 4 is 5.78 Å². The van der Waals surface area contributed by atoms with Gasteiger partial charge in [-0.25, -0.2) is 4.68 Å². The summed E-state index contributed by atoms with van der Waals surface area (Å²) in [6.45, 7) is 0.575. The Labute approximate surface area is 81.5 Å². The quantitative estimate of drug-likeness (QED) is 0.624. The van der Waals surface area contributed by atoms with Crippen molar-refractivity contribution in [1.29, 1.82) is 0 Å². The second-order valence-corrected chi connectivity index (χ2v) is 2.78. The Kier molecular flexibility index (Phi) is 4.21. The lowest BCUT2D eigenvalue weighted by Crippen LogP contribution is -2.15. The lowest BCUT2D eigenvalue weighted by atomic mass is 10.3. The summed E-state index contributed by atoms with van der Waals surface area (Å²) in [5.41, 5.74) is 0.417. The topological polar surface area (TPSA) is 77.2 Å². The number of methoxy groups -OCH3 is 1. The molecule has 6 nitrogen and oxygen atoms in total. The van der Waals surface area contributed by atoms with E-state index in [1.54, 1.807) is 0 Å². The van der Waals surface area contributed by atoms with Crippen LogP contribution in [0.3, 0.4) is 0 Å². The van der Waals surface area contributed by atoms with Crippen molar-refractivity contribution in [3.63, 3.8) is 0 Å². The minimum atomic E-state index is -0.157. The van der Waals surface area contributed by atoms with E-state index in [4.69, 9.17) is 9.84 Å². The smallest absolute Gasteiger partial charge is 0.208 e. The van der Waals surface area contributed by atoms with Gasteiger partial charge in [-0.15, -0.1) is 5.10 Å². The number of aliphatic hydroxyl groups excluding tert-OH is 1. The average Bonchev–Trinajstić information content (AvgIpc) is 2.63. The Morgan fingerprint density at radius 1 is 1.71 bits per heavy atom. The second kappa shape index (κ2) is 5.46. The molecule has 0 aliphatic heterocycles. The fourth-order valence-electron chi connectivity index (χ4n) is 1.06. The maximum atomic E-state index is 11.4. The number of ketones is 1. The van der Waals surface area contributed by atoms with Gasteiger partial charge in [-0.1, -0.05) is 5.21 Å². The highest BCUT2D eigenvalue weighted by molar-refractivity contribution is 5.95. The van der Waals surface area contributed by atoms with E-state index in [-0.39, 0.29) is 19.0 Å². The number of rotatable bonds is 6. The molecule has 1 aromatic heterocycles. The van der Waals surface area contributed by atoms with Crippen molar-refractivity contribution < 1.29 is 14.6 Å². The first-order valence-corrected chi connectivity index (χ1v) is 4.31. The normalized spacial score (nSPS) is 10.4. The van der Waals surface area contributed by atoms with Crippen molar-refractivity contribution in [3.8, 4) is 0 Å². The molecule has 1 heterocycles. The number of hydrogen-bond donors (Lipinski definition) is 1. The molecule has 0 amide bonds. The number of hydrogen-bond acceptors (Lipinski definition) is 5. The first-order valence-electron chi connectivity index (χ1n) is 4.31. The third-order valence-corrected chi connectivity index (χ3v) is 1.71. The number of carbonyl (C=O) groups excluding carboxylic acids is 1. The molecular weight excluding hydrogens is 186 g/mol. The summed E-state index contributed by atoms with van der Waals surface area (Å²) in [6.07, 6.45) is 1.95. The zero-order valence-electron chi connectivity index (χ0n) is 8.01. The van der Waals surface area contributed by atoms with Gasteiger partial charge in [-0.05, 0) is 6.42 Å². The molecule has 0 aliphatic rings. The molecule has 0 bridgehead atoms. The van der Waals surface area contributed by atoms with Crippen molar-refractivity contribution in [2.75, 3.05) is 20.3 Å². The molecule has 1 rings (SSSR count). The number of aromatic nitrogens is 3. The van der Waals surface area contributed by atoms with Gasteiger partial charge >= 0.3 is 0 Å². The SMILES string of the molecule is COCC(=O)c1cnnn1CCCO. The fourth-order valence-corrected chi connectivity index (χ4v) is 1.06. The molecule has 78 valence electrons. The van der Waals surface area contributed by atoms with E-state index in [1.807, 2.05) is 0 Å². The molecule has 0 aliphatic carbocycles. The maximum absolute atomic E-state index is 11.4. The van der Waals surface area contributed by atoms with Gasteiger partial charge in [0.15, 0.2) is 0 Å². The molecule has 14 heavy (non-hydrogen) atoms. The van der Waals surface area contributed by atoms with Gasteiger partial charge < -0.3 is 9.84 Å². The highest BCUT2D eigenvalue weighted by Gasteiger charge is 2.11. The number of ether oxygens (including phenoxy) is 1. The molecule has 0 fully saturated rings. The molecule has 0 saturated carbocycles. The van der Waals surface area contributed by atoms with Crippen LogP contribution < -0.4 is 0 Å². The largest absolute Gasteiger partial charge is 0.396 e. The summed E-state index contributed by atoms with van der Waals surface area (Å²) in [6, 6.07) is 0. The van der Waals surface area contributed by atoms with Crippen LogP contribution in [0.4, 0.5) is 0 Å². The van der Waals surface area contributed by atoms with E-state index >= 15 is 0 Å². The van der Waals surface area contributed by atoms with Crippen molar-refractivity contribution in [3.05, 3.63) is 11.9 Å². The van der Waals surface area contributed by atoms with Crippen LogP contribution in [0.1, 0.15) is 16.9 Å². The first-order chi connectivity index (χ1) is 6.79. The van der Waals surface area contributed by atoms with Crippen molar-refractivity contribution in [1.82, 2.24) is 15.0 Å². The Morgan fingerprint density at radius 2 is 2.50 bits per heavy atom. The van der Waals surface area contributed by atoms with Crippen LogP contribution in [0.2, 0.25) is 0 Å². The molecule has 0 atom stereocenters. The van der Waals surface area contributed by atoms with E-state index in [9.17, 15) is 4.79 Å². The lowest BCUT2D eigenvalue weighted by Gasteiger charge is -2.03. The Hall–Kier alpha value is -1.27. The summed E-state index contributed by atoms with van der Waals surface area (Å²) in [4.78, 5) is 11.4. The summed E-state index contributed by atoms with van der Waals surface area (Å²) in [7, 11) is 1.46. The monoisotopic (exact) mass is 199 g/mol. The van der Waals surface area contributed by atoms with E-state index in [0.29, 0.717) is 18.7 Å². The molecule has 0 saturated heterocycles. The Balaban J connectivity index is 2.66. The van der Waals surface area contributed by atoms with Gasteiger partial charge in [0.25, 0.3) is 0 Å². The predicted molar refractivity (Wildman–Crippen MR) is 47.9 cm³/mol. The highest BCUT2D eigenvalue weighted by atomic mass is 16.5. The van der Waals surface area contributed by atoms with Crippen molar-refractivity contribution in [2.24, 2.45) is 0 Å². The van der Waals surface area contributed by atoms with Crippen LogP contribution in [0.15, 0.2) is 6.20 Å². The van der Waals surface area contributed by atoms with Crippen molar-refractivity contribution in [2.45, 2.75) is 13.0 Å². The zero-order chi connectivity index (χ0) is 10.4. The van der Waals surface area contributed by atoms with E-state index < -0.39 is 0 Å². The fraction of sp³-hybridized carbons (Fsp3) is 0.625. The minimum absolute atomic E-state index is 0.0203. The highest BCUT2D eigenvalue weighted by Crippen LogP contribution is 1.99. The molecule has 0 spiro atoms. The number of aliphatic hydroxyl groups is 1. The third kappa shape index (κ3) is 2.61. The zero-order valence-corrected chi connectivity index (χ0v) is 8.01. The predicted octanol–water partition coefficient (Wildman–Crippen LogP) is -0.510. The molecule has 1 aromatic rings. The van der Waals surface area contributed by atoms with Crippen LogP contribution >= 0.6 is 0 Å². The van der Waals surface area contributed by atoms with Crippen LogP contribution in [0.25, 0.3) is 0 Å². The molecule has 0 aromatic carbocycles. The molecule has 0 unspecified atom stereocenters. The van der Waals surface area contributed by atoms with Crippen LogP contribution in [0, 0.1) is 0 Å². The average molecular weight is 199 g/mol. The number of nitrogens with zero attached hydrogens (tertiary/aromatic N) is 3. The maximum Gasteiger partial charge on any atom is 0.208 e. The molecular formula is C8H13N3O3. The van der Waals surface area contributed by atoms with Crippen LogP contribution in [-0.4, -0.2) is 46.2 Å². The molecule has 6 heteroatoms. The van der Waals surface area contributed by atoms with Gasteiger partial charge in [0.05, 0.1) is 6.20 Å². The van der Waals surface area contributed by atoms with E-state index in [0.717, 1.165) is 0 Å². The number of Topliss-reactive ketones (excluding diaryl/α,β-unsaturated/α-hetero) is 1. The summed E-state index contributed by atoms with van der Waals surface area (Å²) >= 11 is 0. The summed E-state index contributed by atoms with van der Waals surface area (Å²) in [5.74, 6) is -0.157. The summed E-state index contributed by atoms with van der Waals surface area (Å²) < 4.78 is 6.19. The van der Waals surface area contributed by atoms with Gasteiger partial charge in [0.1, 0.15) is 12.3 Å². The van der Waals surface area contributed by atoms with E-state index in [2.05, 4.69) is 10.3 Å². The van der Waals surface area contributed by atoms with Crippen LogP contribution in [0.5, 0.6) is 0 Å². The lowest BCUT2D eigenvalue weighted by molar-refractivity contribution is 0.0836. The Bertz CT molecular complexity index is 298. The molecule has 0 radical (unpaired) electrons. The molecule has 1 N–H and O–H groups in total. The number of aryl methyl sites for hydroxylation is 1. The van der Waals surface area contributed by atoms with Gasteiger partial charge in [0, 0.05) is 20.3 Å². The standard InChI is InChI=1S/C8H13N3O3/c1-14-6-8(13)7-5-9-10-11(7)3-2-4-12/h5,12H,2-4,6H2,1H3. The third-order valence-electron chi connectivity index (χ3n) is 1.71. The van der Waals surface area contributed by atoms with Gasteiger partial charge in [-0.3, -0.25) is 4.79 Å².